The molecular formula is C30H28F2N8O3. The van der Waals surface area contributed by atoms with E-state index in [4.69, 9.17) is 21.2 Å². The minimum absolute atomic E-state index is 0.00954. The number of pyridine rings is 1. The Hall–Kier alpha value is -5.46. The number of anilines is 2. The molecule has 1 aliphatic heterocycles. The Balaban J connectivity index is 0.000000196. The third-order valence-corrected chi connectivity index (χ3v) is 6.75. The number of nitrogens with zero attached hydrogens (tertiary/aromatic N) is 6. The topological polar surface area (TPSA) is 155 Å². The number of ether oxygens (including phenoxy) is 1. The minimum Gasteiger partial charge on any atom is -0.481 e. The average molecular weight is 587 g/mol. The van der Waals surface area contributed by atoms with Crippen LogP contribution in [0.5, 0.6) is 5.88 Å². The predicted octanol–water partition coefficient (Wildman–Crippen LogP) is 3.75. The summed E-state index contributed by atoms with van der Waals surface area (Å²) >= 11 is 0. The number of benzene rings is 2. The smallest absolute Gasteiger partial charge is 0.282 e. The van der Waals surface area contributed by atoms with Gasteiger partial charge in [-0.25, -0.2) is 23.7 Å². The number of methoxy groups -OCH3 is 1. The van der Waals surface area contributed by atoms with E-state index in [-0.39, 0.29) is 22.9 Å². The van der Waals surface area contributed by atoms with Gasteiger partial charge in [0.15, 0.2) is 0 Å². The first kappa shape index (κ1) is 29.0. The van der Waals surface area contributed by atoms with E-state index < -0.39 is 24.9 Å². The molecule has 0 saturated carbocycles. The molecule has 0 atom stereocenters. The molecular weight excluding hydrogens is 558 g/mol. The fraction of sp³-hybridized carbons (Fsp3) is 0.200. The van der Waals surface area contributed by atoms with Crippen molar-refractivity contribution in [2.75, 3.05) is 31.7 Å². The number of alkyl halides is 2. The highest BCUT2D eigenvalue weighted by atomic mass is 19.3. The lowest BCUT2D eigenvalue weighted by Gasteiger charge is -2.38. The molecule has 0 spiro atoms. The second-order valence-electron chi connectivity index (χ2n) is 9.69. The van der Waals surface area contributed by atoms with Gasteiger partial charge < -0.3 is 21.1 Å². The van der Waals surface area contributed by atoms with Crippen molar-refractivity contribution in [1.29, 1.82) is 0 Å². The Morgan fingerprint density at radius 3 is 2.42 bits per heavy atom. The number of carbonyl (C=O) groups excluding carboxylic acids is 1. The maximum atomic E-state index is 13.5. The van der Waals surface area contributed by atoms with Crippen LogP contribution in [0, 0.1) is 0 Å². The number of carbonyl (C=O) groups is 1. The lowest BCUT2D eigenvalue weighted by Crippen LogP contribution is -2.58. The molecule has 0 radical (unpaired) electrons. The molecule has 1 amide bonds. The third kappa shape index (κ3) is 5.96. The first-order valence-corrected chi connectivity index (χ1v) is 13.3. The van der Waals surface area contributed by atoms with E-state index in [0.717, 1.165) is 33.7 Å². The van der Waals surface area contributed by atoms with Crippen molar-refractivity contribution in [3.05, 3.63) is 94.8 Å². The summed E-state index contributed by atoms with van der Waals surface area (Å²) in [7, 11) is 1.58. The zero-order valence-electron chi connectivity index (χ0n) is 23.4. The van der Waals surface area contributed by atoms with E-state index in [1.165, 1.54) is 0 Å². The number of rotatable bonds is 5. The van der Waals surface area contributed by atoms with Crippen LogP contribution in [0.1, 0.15) is 23.1 Å². The van der Waals surface area contributed by atoms with Gasteiger partial charge in [-0.2, -0.15) is 4.98 Å². The van der Waals surface area contributed by atoms with E-state index in [1.807, 2.05) is 67.6 Å². The fourth-order valence-corrected chi connectivity index (χ4v) is 4.69. The standard InChI is InChI=1S/C22H19N3O2.C8H9F2N5O/c1-3-19-24-18-11-7-10-17(15-12-13-23-20(14-15)27-2)21(18)22(26)25(19)16-8-5-4-6-9-16;9-8(10)2-15(3-8)6(16)4-1-13-7(12)14-5(4)11/h4-14H,3H2,1-2H3;1H,2-3H2,(H4,11,12,13,14). The number of likely N-dealkylation sites (tertiary alicyclic amines) is 1. The van der Waals surface area contributed by atoms with Crippen LogP contribution in [0.4, 0.5) is 20.5 Å². The number of fused-ring (bicyclic) bond motifs is 1. The van der Waals surface area contributed by atoms with E-state index in [1.54, 1.807) is 17.9 Å². The Labute approximate surface area is 244 Å². The maximum absolute atomic E-state index is 13.5. The first-order valence-electron chi connectivity index (χ1n) is 13.3. The van der Waals surface area contributed by atoms with E-state index in [2.05, 4.69) is 15.0 Å². The number of hydrogen-bond acceptors (Lipinski definition) is 9. The average Bonchev–Trinajstić information content (AvgIpc) is 3.00. The van der Waals surface area contributed by atoms with Gasteiger partial charge in [-0.3, -0.25) is 14.2 Å². The lowest BCUT2D eigenvalue weighted by atomic mass is 10.0. The molecule has 11 nitrogen and oxygen atoms in total. The SMILES string of the molecule is CCc1nc2cccc(-c3ccnc(OC)c3)c2c(=O)n1-c1ccccc1.Nc1ncc(C(=O)N2CC(F)(F)C2)c(N)n1. The van der Waals surface area contributed by atoms with Crippen LogP contribution >= 0.6 is 0 Å². The van der Waals surface area contributed by atoms with Crippen molar-refractivity contribution in [2.45, 2.75) is 19.3 Å². The molecule has 2 aromatic carbocycles. The molecule has 220 valence electrons. The van der Waals surface area contributed by atoms with Crippen LogP contribution < -0.4 is 21.8 Å². The molecule has 0 unspecified atom stereocenters. The number of amides is 1. The van der Waals surface area contributed by atoms with Crippen molar-refractivity contribution >= 4 is 28.6 Å². The van der Waals surface area contributed by atoms with Gasteiger partial charge in [0.1, 0.15) is 17.2 Å². The van der Waals surface area contributed by atoms with Crippen LogP contribution in [0.15, 0.2) is 77.9 Å². The predicted molar refractivity (Wildman–Crippen MR) is 158 cm³/mol. The Bertz CT molecular complexity index is 1860. The van der Waals surface area contributed by atoms with Crippen molar-refractivity contribution in [2.24, 2.45) is 0 Å². The first-order chi connectivity index (χ1) is 20.6. The van der Waals surface area contributed by atoms with Crippen LogP contribution in [0.25, 0.3) is 27.7 Å². The summed E-state index contributed by atoms with van der Waals surface area (Å²) < 4.78 is 32.0. The summed E-state index contributed by atoms with van der Waals surface area (Å²) in [6, 6.07) is 19.1. The highest BCUT2D eigenvalue weighted by Gasteiger charge is 2.46. The second kappa shape index (κ2) is 11.8. The molecule has 1 fully saturated rings. The van der Waals surface area contributed by atoms with Gasteiger partial charge in [-0.05, 0) is 35.4 Å². The molecule has 5 aromatic rings. The van der Waals surface area contributed by atoms with Gasteiger partial charge in [0, 0.05) is 24.9 Å². The summed E-state index contributed by atoms with van der Waals surface area (Å²) in [5.74, 6) is -2.34. The van der Waals surface area contributed by atoms with Gasteiger partial charge in [0.25, 0.3) is 17.4 Å². The molecule has 43 heavy (non-hydrogen) atoms. The van der Waals surface area contributed by atoms with Crippen molar-refractivity contribution < 1.29 is 18.3 Å². The number of halogens is 2. The Morgan fingerprint density at radius 1 is 1.02 bits per heavy atom. The lowest BCUT2D eigenvalue weighted by molar-refractivity contribution is -0.113. The number of aromatic nitrogens is 5. The maximum Gasteiger partial charge on any atom is 0.282 e. The van der Waals surface area contributed by atoms with Crippen LogP contribution in [-0.4, -0.2) is 61.4 Å². The molecule has 0 aliphatic carbocycles. The van der Waals surface area contributed by atoms with Crippen molar-refractivity contribution in [3.8, 4) is 22.7 Å². The molecule has 6 rings (SSSR count). The molecule has 4 heterocycles. The summed E-state index contributed by atoms with van der Waals surface area (Å²) in [6.45, 7) is 0.802. The highest BCUT2D eigenvalue weighted by Crippen LogP contribution is 2.29. The largest absolute Gasteiger partial charge is 0.481 e. The highest BCUT2D eigenvalue weighted by molar-refractivity contribution is 5.98. The van der Waals surface area contributed by atoms with Gasteiger partial charge in [0.2, 0.25) is 11.8 Å². The summed E-state index contributed by atoms with van der Waals surface area (Å²) in [4.78, 5) is 42.3. The summed E-state index contributed by atoms with van der Waals surface area (Å²) in [5.41, 5.74) is 13.8. The van der Waals surface area contributed by atoms with Crippen LogP contribution in [0.3, 0.4) is 0 Å². The Kier molecular flexibility index (Phi) is 7.97. The molecule has 1 aliphatic rings. The normalized spacial score (nSPS) is 13.5. The molecule has 0 bridgehead atoms. The number of aryl methyl sites for hydroxylation is 1. The number of hydrogen-bond donors (Lipinski definition) is 2. The summed E-state index contributed by atoms with van der Waals surface area (Å²) in [6.07, 6.45) is 3.47. The zero-order chi connectivity index (χ0) is 30.7. The van der Waals surface area contributed by atoms with Gasteiger partial charge in [-0.1, -0.05) is 37.3 Å². The van der Waals surface area contributed by atoms with E-state index >= 15 is 0 Å². The molecule has 3 aromatic heterocycles. The Morgan fingerprint density at radius 2 is 1.77 bits per heavy atom. The van der Waals surface area contributed by atoms with Gasteiger partial charge >= 0.3 is 0 Å². The monoisotopic (exact) mass is 586 g/mol. The van der Waals surface area contributed by atoms with Crippen LogP contribution in [-0.2, 0) is 6.42 Å². The van der Waals surface area contributed by atoms with Crippen molar-refractivity contribution in [3.63, 3.8) is 0 Å². The van der Waals surface area contributed by atoms with Crippen molar-refractivity contribution in [1.82, 2.24) is 29.4 Å². The fourth-order valence-electron chi connectivity index (χ4n) is 4.69. The summed E-state index contributed by atoms with van der Waals surface area (Å²) in [5, 5.41) is 0.590. The third-order valence-electron chi connectivity index (χ3n) is 6.75. The van der Waals surface area contributed by atoms with Crippen LogP contribution in [0.2, 0.25) is 0 Å². The minimum atomic E-state index is -2.81. The second-order valence-corrected chi connectivity index (χ2v) is 9.69. The van der Waals surface area contributed by atoms with E-state index in [0.29, 0.717) is 23.2 Å². The number of nitrogen functional groups attached to an aromatic ring is 2. The van der Waals surface area contributed by atoms with Gasteiger partial charge in [0.05, 0.1) is 36.8 Å². The van der Waals surface area contributed by atoms with E-state index in [9.17, 15) is 18.4 Å². The quantitative estimate of drug-likeness (QED) is 0.313. The number of nitrogens with two attached hydrogens (primary N) is 2. The number of para-hydroxylation sites is 1. The zero-order valence-corrected chi connectivity index (χ0v) is 23.4. The van der Waals surface area contributed by atoms with Gasteiger partial charge in [-0.15, -0.1) is 0 Å². The molecule has 13 heteroatoms. The molecule has 1 saturated heterocycles. The molecule has 4 N–H and O–H groups in total.